The van der Waals surface area contributed by atoms with Crippen LogP contribution in [0.1, 0.15) is 18.1 Å². The summed E-state index contributed by atoms with van der Waals surface area (Å²) in [7, 11) is 0. The number of carbonyl (C=O) groups is 3. The molecule has 0 saturated heterocycles. The number of hydrogen-bond acceptors (Lipinski definition) is 4. The maximum Gasteiger partial charge on any atom is 0.328 e. The van der Waals surface area contributed by atoms with Gasteiger partial charge in [-0.2, -0.15) is 0 Å². The lowest BCUT2D eigenvalue weighted by Gasteiger charge is -2.15. The van der Waals surface area contributed by atoms with E-state index in [-0.39, 0.29) is 25.0 Å². The van der Waals surface area contributed by atoms with Gasteiger partial charge in [-0.05, 0) is 24.6 Å². The Kier molecular flexibility index (Phi) is 5.68. The van der Waals surface area contributed by atoms with Gasteiger partial charge in [0.15, 0.2) is 0 Å². The number of allylic oxidation sites excluding steroid dienone is 1. The van der Waals surface area contributed by atoms with E-state index in [4.69, 9.17) is 9.84 Å². The lowest BCUT2D eigenvalue weighted by Crippen LogP contribution is -2.33. The van der Waals surface area contributed by atoms with Crippen molar-refractivity contribution in [1.82, 2.24) is 4.90 Å². The van der Waals surface area contributed by atoms with Crippen LogP contribution in [0.25, 0.3) is 12.2 Å². The van der Waals surface area contributed by atoms with E-state index >= 15 is 0 Å². The van der Waals surface area contributed by atoms with Gasteiger partial charge in [-0.15, -0.1) is 0 Å². The molecule has 1 aromatic carbocycles. The molecule has 0 unspecified atom stereocenters. The molecule has 0 fully saturated rings. The third-order valence-corrected chi connectivity index (χ3v) is 3.28. The Morgan fingerprint density at radius 3 is 2.54 bits per heavy atom. The first kappa shape index (κ1) is 17.2. The van der Waals surface area contributed by atoms with Crippen LogP contribution in [-0.2, 0) is 14.4 Å². The van der Waals surface area contributed by atoms with Crippen molar-refractivity contribution < 1.29 is 24.2 Å². The number of hydrogen-bond donors (Lipinski definition) is 1. The second-order valence-electron chi connectivity index (χ2n) is 4.98. The number of nitrogens with zero attached hydrogens (tertiary/aromatic N) is 1. The average molecular weight is 327 g/mol. The van der Waals surface area contributed by atoms with Gasteiger partial charge in [-0.25, -0.2) is 4.79 Å². The minimum atomic E-state index is -1.06. The Morgan fingerprint density at radius 1 is 1.21 bits per heavy atom. The van der Waals surface area contributed by atoms with Crippen LogP contribution in [0.3, 0.4) is 0 Å². The Bertz CT molecular complexity index is 728. The molecular weight excluding hydrogens is 310 g/mol. The van der Waals surface area contributed by atoms with Gasteiger partial charge in [0.05, 0.1) is 6.54 Å². The molecule has 124 valence electrons. The summed E-state index contributed by atoms with van der Waals surface area (Å²) in [6.07, 6.45) is 8.65. The second kappa shape index (κ2) is 7.92. The number of ether oxygens (including phenoxy) is 1. The highest BCUT2D eigenvalue weighted by atomic mass is 16.5. The molecule has 6 heteroatoms. The van der Waals surface area contributed by atoms with E-state index in [0.29, 0.717) is 11.3 Å². The zero-order valence-electron chi connectivity index (χ0n) is 13.1. The molecule has 6 nitrogen and oxygen atoms in total. The highest BCUT2D eigenvalue weighted by molar-refractivity contribution is 6.12. The van der Waals surface area contributed by atoms with E-state index in [9.17, 15) is 14.4 Å². The van der Waals surface area contributed by atoms with Crippen LogP contribution in [0, 0.1) is 0 Å². The van der Waals surface area contributed by atoms with Crippen molar-refractivity contribution >= 4 is 29.9 Å². The van der Waals surface area contributed by atoms with Gasteiger partial charge in [0, 0.05) is 23.8 Å². The average Bonchev–Trinajstić information content (AvgIpc) is 2.86. The number of benzene rings is 1. The summed E-state index contributed by atoms with van der Waals surface area (Å²) >= 11 is 0. The van der Waals surface area contributed by atoms with Crippen molar-refractivity contribution in [2.45, 2.75) is 6.92 Å². The van der Waals surface area contributed by atoms with Crippen molar-refractivity contribution in [1.29, 1.82) is 0 Å². The SMILES string of the molecule is C/C=C/c1ccc(/C=C/C(=O)O)c(OCCN2C(=O)C=CC2=O)c1. The molecule has 1 aliphatic heterocycles. The number of amides is 2. The van der Waals surface area contributed by atoms with Gasteiger partial charge in [0.25, 0.3) is 11.8 Å². The third kappa shape index (κ3) is 4.42. The molecule has 0 spiro atoms. The van der Waals surface area contributed by atoms with E-state index in [1.54, 1.807) is 12.1 Å². The lowest BCUT2D eigenvalue weighted by molar-refractivity contribution is -0.137. The number of aliphatic carboxylic acids is 1. The first-order valence-electron chi connectivity index (χ1n) is 7.35. The fourth-order valence-electron chi connectivity index (χ4n) is 2.17. The van der Waals surface area contributed by atoms with Gasteiger partial charge in [0.1, 0.15) is 12.4 Å². The predicted octanol–water partition coefficient (Wildman–Crippen LogP) is 2.12. The molecule has 1 N–H and O–H groups in total. The van der Waals surface area contributed by atoms with E-state index in [1.807, 2.05) is 25.1 Å². The van der Waals surface area contributed by atoms with Crippen molar-refractivity contribution in [2.75, 3.05) is 13.2 Å². The van der Waals surface area contributed by atoms with E-state index in [0.717, 1.165) is 16.5 Å². The maximum atomic E-state index is 11.5. The summed E-state index contributed by atoms with van der Waals surface area (Å²) in [5.41, 5.74) is 1.50. The van der Waals surface area contributed by atoms with Crippen LogP contribution in [0.15, 0.2) is 42.5 Å². The molecule has 0 radical (unpaired) electrons. The van der Waals surface area contributed by atoms with Crippen LogP contribution < -0.4 is 4.74 Å². The highest BCUT2D eigenvalue weighted by Gasteiger charge is 2.22. The zero-order chi connectivity index (χ0) is 17.5. The molecular formula is C18H17NO5. The fraction of sp³-hybridized carbons (Fsp3) is 0.167. The molecule has 0 atom stereocenters. The summed E-state index contributed by atoms with van der Waals surface area (Å²) in [5.74, 6) is -1.30. The largest absolute Gasteiger partial charge is 0.491 e. The van der Waals surface area contributed by atoms with Gasteiger partial charge in [0.2, 0.25) is 0 Å². The van der Waals surface area contributed by atoms with Crippen LogP contribution in [0.4, 0.5) is 0 Å². The smallest absolute Gasteiger partial charge is 0.328 e. The van der Waals surface area contributed by atoms with Crippen molar-refractivity contribution in [3.05, 3.63) is 53.6 Å². The zero-order valence-corrected chi connectivity index (χ0v) is 13.1. The monoisotopic (exact) mass is 327 g/mol. The lowest BCUT2D eigenvalue weighted by atomic mass is 10.1. The quantitative estimate of drug-likeness (QED) is 0.612. The first-order chi connectivity index (χ1) is 11.5. The molecule has 1 aliphatic rings. The van der Waals surface area contributed by atoms with Crippen molar-refractivity contribution in [3.63, 3.8) is 0 Å². The normalized spacial score (nSPS) is 14.3. The summed E-state index contributed by atoms with van der Waals surface area (Å²) in [6.45, 7) is 2.13. The van der Waals surface area contributed by atoms with Crippen molar-refractivity contribution in [2.24, 2.45) is 0 Å². The standard InChI is InChI=1S/C18H17NO5/c1-2-3-13-4-5-14(6-9-18(22)23)15(12-13)24-11-10-19-16(20)7-8-17(19)21/h2-9,12H,10-11H2,1H3,(H,22,23)/b3-2+,9-6+. The molecule has 2 rings (SSSR count). The molecule has 0 aromatic heterocycles. The van der Waals surface area contributed by atoms with Gasteiger partial charge in [-0.1, -0.05) is 24.3 Å². The fourth-order valence-corrected chi connectivity index (χ4v) is 2.17. The van der Waals surface area contributed by atoms with Gasteiger partial charge >= 0.3 is 5.97 Å². The van der Waals surface area contributed by atoms with E-state index in [2.05, 4.69) is 0 Å². The second-order valence-corrected chi connectivity index (χ2v) is 4.98. The summed E-state index contributed by atoms with van der Waals surface area (Å²) in [6, 6.07) is 5.36. The van der Waals surface area contributed by atoms with Crippen LogP contribution in [0.2, 0.25) is 0 Å². The maximum absolute atomic E-state index is 11.5. The van der Waals surface area contributed by atoms with Crippen LogP contribution in [-0.4, -0.2) is 40.9 Å². The Morgan fingerprint density at radius 2 is 1.92 bits per heavy atom. The Hall–Kier alpha value is -3.15. The third-order valence-electron chi connectivity index (χ3n) is 3.28. The molecule has 0 bridgehead atoms. The Balaban J connectivity index is 2.10. The Labute approximate surface area is 139 Å². The molecule has 0 saturated carbocycles. The number of carboxylic acids is 1. The molecule has 1 heterocycles. The summed E-state index contributed by atoms with van der Waals surface area (Å²) in [4.78, 5) is 34.7. The first-order valence-corrected chi connectivity index (χ1v) is 7.35. The summed E-state index contributed by atoms with van der Waals surface area (Å²) < 4.78 is 5.66. The van der Waals surface area contributed by atoms with E-state index in [1.165, 1.54) is 18.2 Å². The highest BCUT2D eigenvalue weighted by Crippen LogP contribution is 2.23. The number of imide groups is 1. The van der Waals surface area contributed by atoms with Gasteiger partial charge < -0.3 is 9.84 Å². The minimum absolute atomic E-state index is 0.117. The van der Waals surface area contributed by atoms with Gasteiger partial charge in [-0.3, -0.25) is 14.5 Å². The van der Waals surface area contributed by atoms with Crippen LogP contribution >= 0.6 is 0 Å². The topological polar surface area (TPSA) is 83.9 Å². The minimum Gasteiger partial charge on any atom is -0.491 e. The predicted molar refractivity (Wildman–Crippen MR) is 89.2 cm³/mol. The molecule has 24 heavy (non-hydrogen) atoms. The van der Waals surface area contributed by atoms with E-state index < -0.39 is 5.97 Å². The van der Waals surface area contributed by atoms with Crippen LogP contribution in [0.5, 0.6) is 5.75 Å². The molecule has 0 aliphatic carbocycles. The molecule has 1 aromatic rings. The number of carboxylic acid groups (broad SMARTS) is 1. The number of rotatable bonds is 7. The summed E-state index contributed by atoms with van der Waals surface area (Å²) in [5, 5.41) is 8.76. The molecule has 2 amide bonds. The number of carbonyl (C=O) groups excluding carboxylic acids is 2. The van der Waals surface area contributed by atoms with Crippen molar-refractivity contribution in [3.8, 4) is 5.75 Å².